The molecule has 1 aliphatic rings. The number of hydrogen-bond acceptors (Lipinski definition) is 4. The van der Waals surface area contributed by atoms with Crippen LogP contribution in [0.25, 0.3) is 10.6 Å². The lowest BCUT2D eigenvalue weighted by atomic mass is 10.1. The van der Waals surface area contributed by atoms with Crippen molar-refractivity contribution < 1.29 is 9.69 Å². The van der Waals surface area contributed by atoms with Crippen LogP contribution in [-0.2, 0) is 6.54 Å². The molecule has 0 radical (unpaired) electrons. The second-order valence-corrected chi connectivity index (χ2v) is 8.93. The maximum absolute atomic E-state index is 13.0. The highest BCUT2D eigenvalue weighted by Crippen LogP contribution is 2.30. The van der Waals surface area contributed by atoms with Crippen molar-refractivity contribution in [2.75, 3.05) is 26.2 Å². The first kappa shape index (κ1) is 18.3. The summed E-state index contributed by atoms with van der Waals surface area (Å²) < 4.78 is 0. The fourth-order valence-electron chi connectivity index (χ4n) is 3.56. The van der Waals surface area contributed by atoms with Crippen LogP contribution < -0.4 is 4.90 Å². The molecule has 1 fully saturated rings. The molecular formula is C21H24N3OS2+. The van der Waals surface area contributed by atoms with Gasteiger partial charge in [0.1, 0.15) is 16.4 Å². The van der Waals surface area contributed by atoms with Gasteiger partial charge < -0.3 is 9.80 Å². The maximum atomic E-state index is 13.0. The van der Waals surface area contributed by atoms with Crippen molar-refractivity contribution in [2.45, 2.75) is 20.4 Å². The fraction of sp³-hybridized carbons (Fsp3) is 0.333. The van der Waals surface area contributed by atoms with Crippen molar-refractivity contribution in [1.29, 1.82) is 0 Å². The molecule has 1 N–H and O–H groups in total. The number of rotatable bonds is 4. The lowest BCUT2D eigenvalue weighted by Crippen LogP contribution is -3.13. The summed E-state index contributed by atoms with van der Waals surface area (Å²) in [5.74, 6) is 0.140. The van der Waals surface area contributed by atoms with Crippen LogP contribution >= 0.6 is 22.7 Å². The molecule has 0 bridgehead atoms. The molecule has 0 atom stereocenters. The number of carbonyl (C=O) groups is 1. The number of quaternary nitrogens is 1. The van der Waals surface area contributed by atoms with Crippen molar-refractivity contribution >= 4 is 28.6 Å². The minimum Gasteiger partial charge on any atom is -0.328 e. The molecule has 1 saturated heterocycles. The van der Waals surface area contributed by atoms with Crippen LogP contribution in [0, 0.1) is 13.8 Å². The molecule has 27 heavy (non-hydrogen) atoms. The summed E-state index contributed by atoms with van der Waals surface area (Å²) in [6.45, 7) is 8.72. The molecule has 4 nitrogen and oxygen atoms in total. The normalized spacial score (nSPS) is 15.3. The van der Waals surface area contributed by atoms with Gasteiger partial charge in [-0.2, -0.15) is 11.3 Å². The highest BCUT2D eigenvalue weighted by molar-refractivity contribution is 7.17. The van der Waals surface area contributed by atoms with Gasteiger partial charge in [0.15, 0.2) is 0 Å². The van der Waals surface area contributed by atoms with Crippen LogP contribution in [-0.4, -0.2) is 42.0 Å². The number of aromatic nitrogens is 1. The van der Waals surface area contributed by atoms with Gasteiger partial charge in [0.2, 0.25) is 0 Å². The van der Waals surface area contributed by atoms with Gasteiger partial charge in [0, 0.05) is 16.5 Å². The molecule has 1 aliphatic heterocycles. The average molecular weight is 399 g/mol. The predicted octanol–water partition coefficient (Wildman–Crippen LogP) is 3.03. The van der Waals surface area contributed by atoms with E-state index in [2.05, 4.69) is 47.6 Å². The van der Waals surface area contributed by atoms with Crippen molar-refractivity contribution in [3.8, 4) is 10.6 Å². The Bertz CT molecular complexity index is 925. The third kappa shape index (κ3) is 4.13. The molecule has 0 unspecified atom stereocenters. The number of benzene rings is 1. The van der Waals surface area contributed by atoms with Crippen molar-refractivity contribution in [1.82, 2.24) is 9.88 Å². The summed E-state index contributed by atoms with van der Waals surface area (Å²) in [5, 5.41) is 5.07. The van der Waals surface area contributed by atoms with Gasteiger partial charge in [0.25, 0.3) is 5.91 Å². The standard InChI is InChI=1S/C21H23N3OS2/c1-15-4-3-5-17(12-15)13-23-7-9-24(10-8-23)21(25)19-16(2)22-20(27-19)18-6-11-26-14-18/h3-6,11-12,14H,7-10,13H2,1-2H3/p+1. The number of nitrogens with one attached hydrogen (secondary N) is 1. The molecule has 140 valence electrons. The molecule has 6 heteroatoms. The summed E-state index contributed by atoms with van der Waals surface area (Å²) in [5.41, 5.74) is 4.64. The summed E-state index contributed by atoms with van der Waals surface area (Å²) in [6, 6.07) is 10.8. The zero-order valence-electron chi connectivity index (χ0n) is 15.7. The first-order valence-electron chi connectivity index (χ1n) is 9.28. The van der Waals surface area contributed by atoms with E-state index in [4.69, 9.17) is 0 Å². The van der Waals surface area contributed by atoms with E-state index in [1.165, 1.54) is 22.5 Å². The zero-order chi connectivity index (χ0) is 18.8. The Hall–Kier alpha value is -2.02. The highest BCUT2D eigenvalue weighted by atomic mass is 32.1. The molecule has 0 aliphatic carbocycles. The van der Waals surface area contributed by atoms with Gasteiger partial charge in [-0.1, -0.05) is 29.8 Å². The molecule has 1 aromatic carbocycles. The second kappa shape index (κ2) is 7.92. The Morgan fingerprint density at radius 1 is 1.22 bits per heavy atom. The van der Waals surface area contributed by atoms with Crippen LogP contribution in [0.3, 0.4) is 0 Å². The van der Waals surface area contributed by atoms with Crippen LogP contribution in [0.5, 0.6) is 0 Å². The SMILES string of the molecule is Cc1cccc(C[NH+]2CCN(C(=O)c3sc(-c4ccsc4)nc3C)CC2)c1. The van der Waals surface area contributed by atoms with Gasteiger partial charge in [-0.05, 0) is 25.3 Å². The molecule has 2 aromatic heterocycles. The first-order chi connectivity index (χ1) is 13.1. The molecule has 3 heterocycles. The molecule has 4 rings (SSSR count). The number of thiazole rings is 1. The minimum atomic E-state index is 0.140. The van der Waals surface area contributed by atoms with E-state index >= 15 is 0 Å². The van der Waals surface area contributed by atoms with Crippen molar-refractivity contribution in [3.63, 3.8) is 0 Å². The third-order valence-corrected chi connectivity index (χ3v) is 6.93. The summed E-state index contributed by atoms with van der Waals surface area (Å²) >= 11 is 3.18. The number of hydrogen-bond donors (Lipinski definition) is 1. The van der Waals surface area contributed by atoms with E-state index in [1.54, 1.807) is 16.2 Å². The number of nitrogens with zero attached hydrogens (tertiary/aromatic N) is 2. The smallest absolute Gasteiger partial charge is 0.266 e. The van der Waals surface area contributed by atoms with Crippen LogP contribution in [0.1, 0.15) is 26.5 Å². The topological polar surface area (TPSA) is 37.6 Å². The summed E-state index contributed by atoms with van der Waals surface area (Å²) in [6.07, 6.45) is 0. The number of piperazine rings is 1. The van der Waals surface area contributed by atoms with E-state index in [-0.39, 0.29) is 5.91 Å². The van der Waals surface area contributed by atoms with Crippen LogP contribution in [0.15, 0.2) is 41.1 Å². The van der Waals surface area contributed by atoms with E-state index in [9.17, 15) is 4.79 Å². The lowest BCUT2D eigenvalue weighted by molar-refractivity contribution is -0.917. The van der Waals surface area contributed by atoms with Gasteiger partial charge in [-0.15, -0.1) is 11.3 Å². The molecule has 1 amide bonds. The van der Waals surface area contributed by atoms with Crippen LogP contribution in [0.2, 0.25) is 0 Å². The predicted molar refractivity (Wildman–Crippen MR) is 112 cm³/mol. The van der Waals surface area contributed by atoms with Gasteiger partial charge in [-0.3, -0.25) is 4.79 Å². The second-order valence-electron chi connectivity index (χ2n) is 7.15. The van der Waals surface area contributed by atoms with E-state index in [1.807, 2.05) is 17.2 Å². The van der Waals surface area contributed by atoms with E-state index in [0.717, 1.165) is 53.9 Å². The molecule has 3 aromatic rings. The number of aryl methyl sites for hydroxylation is 2. The maximum Gasteiger partial charge on any atom is 0.266 e. The monoisotopic (exact) mass is 398 g/mol. The first-order valence-corrected chi connectivity index (χ1v) is 11.0. The Labute approximate surface area is 168 Å². The number of carbonyl (C=O) groups excluding carboxylic acids is 1. The minimum absolute atomic E-state index is 0.140. The molecular weight excluding hydrogens is 374 g/mol. The third-order valence-electron chi connectivity index (χ3n) is 5.05. The number of amides is 1. The summed E-state index contributed by atoms with van der Waals surface area (Å²) in [7, 11) is 0. The van der Waals surface area contributed by atoms with Crippen molar-refractivity contribution in [2.24, 2.45) is 0 Å². The average Bonchev–Trinajstić information content (AvgIpc) is 3.31. The molecule has 0 spiro atoms. The Morgan fingerprint density at radius 2 is 2.04 bits per heavy atom. The Kier molecular flexibility index (Phi) is 5.38. The Morgan fingerprint density at radius 3 is 2.74 bits per heavy atom. The van der Waals surface area contributed by atoms with Gasteiger partial charge in [0.05, 0.1) is 31.9 Å². The zero-order valence-corrected chi connectivity index (χ0v) is 17.3. The van der Waals surface area contributed by atoms with Crippen LogP contribution in [0.4, 0.5) is 0 Å². The quantitative estimate of drug-likeness (QED) is 0.734. The summed E-state index contributed by atoms with van der Waals surface area (Å²) in [4.78, 5) is 22.0. The van der Waals surface area contributed by atoms with Gasteiger partial charge >= 0.3 is 0 Å². The fourth-order valence-corrected chi connectivity index (χ4v) is 5.31. The largest absolute Gasteiger partial charge is 0.328 e. The van der Waals surface area contributed by atoms with Crippen molar-refractivity contribution in [3.05, 3.63) is 62.8 Å². The Balaban J connectivity index is 1.39. The molecule has 0 saturated carbocycles. The lowest BCUT2D eigenvalue weighted by Gasteiger charge is -2.32. The van der Waals surface area contributed by atoms with E-state index in [0.29, 0.717) is 0 Å². The number of thiophene rings is 1. The van der Waals surface area contributed by atoms with E-state index < -0.39 is 0 Å². The highest BCUT2D eigenvalue weighted by Gasteiger charge is 2.27. The van der Waals surface area contributed by atoms with Gasteiger partial charge in [-0.25, -0.2) is 4.98 Å².